The van der Waals surface area contributed by atoms with Crippen LogP contribution in [-0.4, -0.2) is 11.8 Å². The molecular formula is C11H14O3. The Hall–Kier alpha value is -1.38. The predicted octanol–water partition coefficient (Wildman–Crippen LogP) is 1.99. The minimum atomic E-state index is -0.580. The fourth-order valence-corrected chi connectivity index (χ4v) is 1.47. The monoisotopic (exact) mass is 194 g/mol. The molecule has 3 nitrogen and oxygen atoms in total. The van der Waals surface area contributed by atoms with Crippen LogP contribution in [0.15, 0.2) is 23.5 Å². The Balaban J connectivity index is 3.00. The Morgan fingerprint density at radius 2 is 2.00 bits per heavy atom. The van der Waals surface area contributed by atoms with Gasteiger partial charge in [-0.3, -0.25) is 9.59 Å². The molecule has 0 spiro atoms. The zero-order chi connectivity index (χ0) is 10.9. The maximum Gasteiger partial charge on any atom is 0.308 e. The first-order valence-electron chi connectivity index (χ1n) is 4.47. The molecule has 1 rings (SSSR count). The molecular weight excluding hydrogens is 180 g/mol. The van der Waals surface area contributed by atoms with E-state index in [-0.39, 0.29) is 11.8 Å². The minimum Gasteiger partial charge on any atom is -0.427 e. The van der Waals surface area contributed by atoms with Crippen LogP contribution >= 0.6 is 0 Å². The molecule has 0 heterocycles. The van der Waals surface area contributed by atoms with Gasteiger partial charge in [0.15, 0.2) is 5.78 Å². The molecule has 14 heavy (non-hydrogen) atoms. The summed E-state index contributed by atoms with van der Waals surface area (Å²) in [5.74, 6) is 0.151. The number of carbonyl (C=O) groups excluding carboxylic acids is 2. The van der Waals surface area contributed by atoms with Crippen molar-refractivity contribution >= 4 is 11.8 Å². The summed E-state index contributed by atoms with van der Waals surface area (Å²) in [7, 11) is 0. The molecule has 0 aromatic rings. The predicted molar refractivity (Wildman–Crippen MR) is 52.4 cm³/mol. The van der Waals surface area contributed by atoms with Crippen molar-refractivity contribution in [2.45, 2.75) is 27.7 Å². The molecule has 0 bridgehead atoms. The summed E-state index contributed by atoms with van der Waals surface area (Å²) < 4.78 is 4.94. The average Bonchev–Trinajstić information content (AvgIpc) is 1.98. The number of allylic oxidation sites excluding steroid dienone is 3. The maximum atomic E-state index is 11.6. The highest BCUT2D eigenvalue weighted by Crippen LogP contribution is 2.30. The summed E-state index contributed by atoms with van der Waals surface area (Å²) in [5.41, 5.74) is 0.0395. The maximum absolute atomic E-state index is 11.6. The first-order chi connectivity index (χ1) is 6.33. The second-order valence-electron chi connectivity index (χ2n) is 4.02. The van der Waals surface area contributed by atoms with E-state index in [1.54, 1.807) is 32.9 Å². The van der Waals surface area contributed by atoms with Crippen LogP contribution in [0.3, 0.4) is 0 Å². The van der Waals surface area contributed by atoms with Gasteiger partial charge in [-0.25, -0.2) is 0 Å². The molecule has 0 fully saturated rings. The van der Waals surface area contributed by atoms with Crippen molar-refractivity contribution in [3.63, 3.8) is 0 Å². The molecule has 0 aromatic carbocycles. The van der Waals surface area contributed by atoms with Crippen molar-refractivity contribution in [2.75, 3.05) is 0 Å². The van der Waals surface area contributed by atoms with Gasteiger partial charge in [-0.2, -0.15) is 0 Å². The number of rotatable bonds is 1. The van der Waals surface area contributed by atoms with Gasteiger partial charge >= 0.3 is 5.97 Å². The molecule has 0 amide bonds. The molecule has 1 aliphatic carbocycles. The third-order valence-electron chi connectivity index (χ3n) is 2.07. The fraction of sp³-hybridized carbons (Fsp3) is 0.455. The summed E-state index contributed by atoms with van der Waals surface area (Å²) >= 11 is 0. The number of esters is 1. The van der Waals surface area contributed by atoms with Gasteiger partial charge in [0.2, 0.25) is 0 Å². The highest BCUT2D eigenvalue weighted by atomic mass is 16.5. The van der Waals surface area contributed by atoms with Crippen LogP contribution in [0.1, 0.15) is 27.7 Å². The molecule has 0 atom stereocenters. The number of carbonyl (C=O) groups is 2. The first kappa shape index (κ1) is 10.7. The van der Waals surface area contributed by atoms with Gasteiger partial charge in [0.25, 0.3) is 0 Å². The molecule has 1 aliphatic rings. The molecule has 0 saturated carbocycles. The average molecular weight is 194 g/mol. The van der Waals surface area contributed by atoms with E-state index < -0.39 is 5.41 Å². The van der Waals surface area contributed by atoms with Gasteiger partial charge in [-0.15, -0.1) is 0 Å². The van der Waals surface area contributed by atoms with Crippen molar-refractivity contribution in [2.24, 2.45) is 5.41 Å². The second-order valence-corrected chi connectivity index (χ2v) is 4.02. The van der Waals surface area contributed by atoms with Crippen molar-refractivity contribution in [3.05, 3.63) is 23.5 Å². The number of ether oxygens (including phenoxy) is 1. The normalized spacial score (nSPS) is 19.9. The summed E-state index contributed by atoms with van der Waals surface area (Å²) in [6.07, 6.45) is 3.26. The van der Waals surface area contributed by atoms with Crippen molar-refractivity contribution < 1.29 is 14.3 Å². The second kappa shape index (κ2) is 3.40. The summed E-state index contributed by atoms with van der Waals surface area (Å²) in [6.45, 7) is 6.67. The number of ketones is 1. The summed E-state index contributed by atoms with van der Waals surface area (Å²) in [5, 5.41) is 0. The van der Waals surface area contributed by atoms with E-state index in [9.17, 15) is 9.59 Å². The van der Waals surface area contributed by atoms with E-state index in [0.717, 1.165) is 0 Å². The lowest BCUT2D eigenvalue weighted by Crippen LogP contribution is -2.26. The molecule has 0 saturated heterocycles. The number of hydrogen-bond donors (Lipinski definition) is 0. The topological polar surface area (TPSA) is 43.4 Å². The van der Waals surface area contributed by atoms with E-state index in [0.29, 0.717) is 11.3 Å². The lowest BCUT2D eigenvalue weighted by molar-refractivity contribution is -0.136. The SMILES string of the molecule is CC(=O)OC1=CC(C)(C)C(=O)C(C)=C1. The summed E-state index contributed by atoms with van der Waals surface area (Å²) in [4.78, 5) is 22.4. The lowest BCUT2D eigenvalue weighted by Gasteiger charge is -2.24. The Bertz CT molecular complexity index is 346. The molecule has 0 unspecified atom stereocenters. The highest BCUT2D eigenvalue weighted by Gasteiger charge is 2.30. The fourth-order valence-electron chi connectivity index (χ4n) is 1.47. The summed E-state index contributed by atoms with van der Waals surface area (Å²) in [6, 6.07) is 0. The largest absolute Gasteiger partial charge is 0.427 e. The van der Waals surface area contributed by atoms with Crippen LogP contribution < -0.4 is 0 Å². The van der Waals surface area contributed by atoms with Crippen LogP contribution in [0.5, 0.6) is 0 Å². The molecule has 0 N–H and O–H groups in total. The van der Waals surface area contributed by atoms with Gasteiger partial charge in [-0.05, 0) is 38.5 Å². The van der Waals surface area contributed by atoms with E-state index in [1.165, 1.54) is 6.92 Å². The van der Waals surface area contributed by atoms with Gasteiger partial charge in [0, 0.05) is 12.3 Å². The highest BCUT2D eigenvalue weighted by molar-refractivity contribution is 6.01. The van der Waals surface area contributed by atoms with Crippen LogP contribution in [0, 0.1) is 5.41 Å². The Kier molecular flexibility index (Phi) is 2.60. The molecule has 3 heteroatoms. The standard InChI is InChI=1S/C11H14O3/c1-7-5-9(14-8(2)12)6-11(3,4)10(7)13/h5-6H,1-4H3. The quantitative estimate of drug-likeness (QED) is 0.599. The molecule has 0 radical (unpaired) electrons. The van der Waals surface area contributed by atoms with Crippen molar-refractivity contribution in [1.29, 1.82) is 0 Å². The van der Waals surface area contributed by atoms with E-state index in [2.05, 4.69) is 0 Å². The smallest absolute Gasteiger partial charge is 0.308 e. The molecule has 0 aromatic heterocycles. The van der Waals surface area contributed by atoms with Crippen molar-refractivity contribution in [3.8, 4) is 0 Å². The molecule has 0 aliphatic heterocycles. The van der Waals surface area contributed by atoms with Crippen LogP contribution in [-0.2, 0) is 14.3 Å². The van der Waals surface area contributed by atoms with Crippen LogP contribution in [0.2, 0.25) is 0 Å². The van der Waals surface area contributed by atoms with Crippen LogP contribution in [0.25, 0.3) is 0 Å². The van der Waals surface area contributed by atoms with Gasteiger partial charge in [-0.1, -0.05) is 0 Å². The minimum absolute atomic E-state index is 0.0633. The van der Waals surface area contributed by atoms with Gasteiger partial charge < -0.3 is 4.74 Å². The first-order valence-corrected chi connectivity index (χ1v) is 4.47. The van der Waals surface area contributed by atoms with Gasteiger partial charge in [0.1, 0.15) is 5.76 Å². The number of hydrogen-bond acceptors (Lipinski definition) is 3. The lowest BCUT2D eigenvalue weighted by atomic mass is 9.80. The third-order valence-corrected chi connectivity index (χ3v) is 2.07. The van der Waals surface area contributed by atoms with E-state index in [4.69, 9.17) is 4.74 Å². The zero-order valence-corrected chi connectivity index (χ0v) is 8.88. The van der Waals surface area contributed by atoms with Gasteiger partial charge in [0.05, 0.1) is 0 Å². The van der Waals surface area contributed by atoms with Crippen LogP contribution in [0.4, 0.5) is 0 Å². The van der Waals surface area contributed by atoms with E-state index >= 15 is 0 Å². The molecule has 76 valence electrons. The van der Waals surface area contributed by atoms with Crippen molar-refractivity contribution in [1.82, 2.24) is 0 Å². The Morgan fingerprint density at radius 3 is 2.43 bits per heavy atom. The number of Topliss-reactive ketones (excluding diaryl/α,β-unsaturated/α-hetero) is 1. The third kappa shape index (κ3) is 2.10. The Morgan fingerprint density at radius 1 is 1.43 bits per heavy atom. The van der Waals surface area contributed by atoms with E-state index in [1.807, 2.05) is 0 Å². The zero-order valence-electron chi connectivity index (χ0n) is 8.88. The Labute approximate surface area is 83.4 Å².